The Balaban J connectivity index is 1.89. The van der Waals surface area contributed by atoms with Crippen LogP contribution < -0.4 is 0 Å². The molecule has 1 N–H and O–H groups in total. The second-order valence-electron chi connectivity index (χ2n) is 5.28. The van der Waals surface area contributed by atoms with Crippen LogP contribution in [0.2, 0.25) is 0 Å². The molecule has 0 radical (unpaired) electrons. The summed E-state index contributed by atoms with van der Waals surface area (Å²) in [4.78, 5) is 15.9. The van der Waals surface area contributed by atoms with E-state index in [-0.39, 0.29) is 11.9 Å². The minimum Gasteiger partial charge on any atom is -0.331 e. The van der Waals surface area contributed by atoms with Crippen LogP contribution in [0.4, 0.5) is 0 Å². The summed E-state index contributed by atoms with van der Waals surface area (Å²) in [6.07, 6.45) is 1.76. The molecule has 0 saturated carbocycles. The molecule has 4 nitrogen and oxygen atoms in total. The normalized spacial score (nSPS) is 11.2. The van der Waals surface area contributed by atoms with E-state index in [1.807, 2.05) is 48.4 Å². The minimum absolute atomic E-state index is 0.0508. The third-order valence-electron chi connectivity index (χ3n) is 3.48. The predicted molar refractivity (Wildman–Crippen MR) is 85.4 cm³/mol. The fourth-order valence-corrected chi connectivity index (χ4v) is 3.00. The zero-order chi connectivity index (χ0) is 14.8. The molecule has 0 atom stereocenters. The Morgan fingerprint density at radius 2 is 2.24 bits per heavy atom. The maximum absolute atomic E-state index is 12.8. The van der Waals surface area contributed by atoms with Crippen LogP contribution in [0.15, 0.2) is 41.9 Å². The smallest absolute Gasteiger partial charge is 0.254 e. The van der Waals surface area contributed by atoms with Crippen molar-refractivity contribution in [1.29, 1.82) is 0 Å². The van der Waals surface area contributed by atoms with Gasteiger partial charge in [0.15, 0.2) is 0 Å². The van der Waals surface area contributed by atoms with E-state index in [0.717, 1.165) is 10.9 Å². The second kappa shape index (κ2) is 5.69. The van der Waals surface area contributed by atoms with Gasteiger partial charge in [-0.3, -0.25) is 9.89 Å². The molecule has 0 unspecified atom stereocenters. The molecule has 21 heavy (non-hydrogen) atoms. The highest BCUT2D eigenvalue weighted by atomic mass is 32.1. The summed E-state index contributed by atoms with van der Waals surface area (Å²) in [5, 5.41) is 9.96. The van der Waals surface area contributed by atoms with Gasteiger partial charge < -0.3 is 4.90 Å². The van der Waals surface area contributed by atoms with E-state index in [9.17, 15) is 4.79 Å². The lowest BCUT2D eigenvalue weighted by atomic mass is 10.1. The first kappa shape index (κ1) is 13.8. The highest BCUT2D eigenvalue weighted by Crippen LogP contribution is 2.19. The molecule has 0 bridgehead atoms. The average Bonchev–Trinajstić information content (AvgIpc) is 3.14. The topological polar surface area (TPSA) is 49.0 Å². The van der Waals surface area contributed by atoms with E-state index in [2.05, 4.69) is 16.3 Å². The Labute approximate surface area is 127 Å². The van der Waals surface area contributed by atoms with Gasteiger partial charge in [-0.1, -0.05) is 12.1 Å². The molecule has 0 saturated heterocycles. The Morgan fingerprint density at radius 1 is 1.38 bits per heavy atom. The van der Waals surface area contributed by atoms with E-state index in [0.29, 0.717) is 12.1 Å². The van der Waals surface area contributed by atoms with Gasteiger partial charge in [0.2, 0.25) is 0 Å². The van der Waals surface area contributed by atoms with E-state index in [4.69, 9.17) is 0 Å². The number of nitrogens with one attached hydrogen (secondary N) is 1. The monoisotopic (exact) mass is 299 g/mol. The molecule has 3 rings (SSSR count). The second-order valence-corrected chi connectivity index (χ2v) is 6.31. The van der Waals surface area contributed by atoms with Crippen molar-refractivity contribution in [2.45, 2.75) is 26.4 Å². The summed E-state index contributed by atoms with van der Waals surface area (Å²) >= 11 is 1.68. The van der Waals surface area contributed by atoms with Crippen LogP contribution in [0, 0.1) is 0 Å². The van der Waals surface area contributed by atoms with Gasteiger partial charge in [-0.2, -0.15) is 5.10 Å². The van der Waals surface area contributed by atoms with Gasteiger partial charge in [-0.25, -0.2) is 0 Å². The molecule has 5 heteroatoms. The van der Waals surface area contributed by atoms with Crippen LogP contribution in [0.25, 0.3) is 10.9 Å². The van der Waals surface area contributed by atoms with Crippen LogP contribution >= 0.6 is 11.3 Å². The molecular formula is C16H17N3OS. The lowest BCUT2D eigenvalue weighted by Gasteiger charge is -2.26. The Bertz CT molecular complexity index is 746. The summed E-state index contributed by atoms with van der Waals surface area (Å²) in [6.45, 7) is 4.73. The number of carbonyl (C=O) groups is 1. The number of hydrogen-bond acceptors (Lipinski definition) is 3. The molecule has 2 aromatic heterocycles. The molecule has 3 aromatic rings. The lowest BCUT2D eigenvalue weighted by Crippen LogP contribution is -2.36. The quantitative estimate of drug-likeness (QED) is 0.799. The number of aromatic amines is 1. The molecular weight excluding hydrogens is 282 g/mol. The fourth-order valence-electron chi connectivity index (χ4n) is 2.30. The standard InChI is InChI=1S/C16H17N3OS/c1-11(2)19(10-14-4-3-7-21-14)16(20)12-5-6-13-9-17-18-15(13)8-12/h3-9,11H,10H2,1-2H3,(H,17,18). The third-order valence-corrected chi connectivity index (χ3v) is 4.34. The molecule has 0 aliphatic rings. The van der Waals surface area contributed by atoms with Crippen molar-refractivity contribution in [2.75, 3.05) is 0 Å². The van der Waals surface area contributed by atoms with Crippen molar-refractivity contribution < 1.29 is 4.79 Å². The number of hydrogen-bond donors (Lipinski definition) is 1. The SMILES string of the molecule is CC(C)N(Cc1cccs1)C(=O)c1ccc2cn[nH]c2c1. The van der Waals surface area contributed by atoms with Gasteiger partial charge in [0, 0.05) is 21.9 Å². The number of fused-ring (bicyclic) bond motifs is 1. The van der Waals surface area contributed by atoms with Crippen LogP contribution in [-0.2, 0) is 6.54 Å². The summed E-state index contributed by atoms with van der Waals surface area (Å²) in [7, 11) is 0. The number of aromatic nitrogens is 2. The Kier molecular flexibility index (Phi) is 3.75. The van der Waals surface area contributed by atoms with Crippen molar-refractivity contribution >= 4 is 28.1 Å². The number of carbonyl (C=O) groups excluding carboxylic acids is 1. The summed E-state index contributed by atoms with van der Waals surface area (Å²) < 4.78 is 0. The highest BCUT2D eigenvalue weighted by molar-refractivity contribution is 7.09. The van der Waals surface area contributed by atoms with E-state index < -0.39 is 0 Å². The molecule has 0 aliphatic heterocycles. The molecule has 0 aliphatic carbocycles. The molecule has 1 aromatic carbocycles. The summed E-state index contributed by atoms with van der Waals surface area (Å²) in [6, 6.07) is 9.89. The van der Waals surface area contributed by atoms with Gasteiger partial charge in [0.1, 0.15) is 0 Å². The van der Waals surface area contributed by atoms with E-state index >= 15 is 0 Å². The van der Waals surface area contributed by atoms with Crippen molar-refractivity contribution in [3.8, 4) is 0 Å². The fraction of sp³-hybridized carbons (Fsp3) is 0.250. The first-order valence-corrected chi connectivity index (χ1v) is 7.79. The maximum atomic E-state index is 12.8. The molecule has 2 heterocycles. The molecule has 0 spiro atoms. The number of amides is 1. The number of benzene rings is 1. The van der Waals surface area contributed by atoms with E-state index in [1.54, 1.807) is 17.5 Å². The van der Waals surface area contributed by atoms with Crippen LogP contribution in [0.5, 0.6) is 0 Å². The number of nitrogens with zero attached hydrogens (tertiary/aromatic N) is 2. The highest BCUT2D eigenvalue weighted by Gasteiger charge is 2.19. The largest absolute Gasteiger partial charge is 0.331 e. The minimum atomic E-state index is 0.0508. The van der Waals surface area contributed by atoms with Gasteiger partial charge in [-0.05, 0) is 37.4 Å². The third kappa shape index (κ3) is 2.83. The Morgan fingerprint density at radius 3 is 2.95 bits per heavy atom. The Hall–Kier alpha value is -2.14. The van der Waals surface area contributed by atoms with Crippen molar-refractivity contribution in [2.24, 2.45) is 0 Å². The van der Waals surface area contributed by atoms with Gasteiger partial charge >= 0.3 is 0 Å². The summed E-state index contributed by atoms with van der Waals surface area (Å²) in [5.41, 5.74) is 1.58. The maximum Gasteiger partial charge on any atom is 0.254 e. The number of thiophene rings is 1. The predicted octanol–water partition coefficient (Wildman–Crippen LogP) is 3.68. The van der Waals surface area contributed by atoms with E-state index in [1.165, 1.54) is 4.88 Å². The van der Waals surface area contributed by atoms with Crippen molar-refractivity contribution in [1.82, 2.24) is 15.1 Å². The van der Waals surface area contributed by atoms with Crippen molar-refractivity contribution in [3.05, 3.63) is 52.3 Å². The average molecular weight is 299 g/mol. The zero-order valence-electron chi connectivity index (χ0n) is 12.0. The lowest BCUT2D eigenvalue weighted by molar-refractivity contribution is 0.0692. The van der Waals surface area contributed by atoms with Crippen molar-refractivity contribution in [3.63, 3.8) is 0 Å². The molecule has 0 fully saturated rings. The van der Waals surface area contributed by atoms with Crippen LogP contribution in [0.3, 0.4) is 0 Å². The van der Waals surface area contributed by atoms with Crippen LogP contribution in [0.1, 0.15) is 29.1 Å². The van der Waals surface area contributed by atoms with Gasteiger partial charge in [0.05, 0.1) is 18.3 Å². The number of rotatable bonds is 4. The first-order chi connectivity index (χ1) is 10.1. The first-order valence-electron chi connectivity index (χ1n) is 6.91. The van der Waals surface area contributed by atoms with Gasteiger partial charge in [-0.15, -0.1) is 11.3 Å². The zero-order valence-corrected chi connectivity index (χ0v) is 12.9. The number of H-pyrrole nitrogens is 1. The van der Waals surface area contributed by atoms with Crippen LogP contribution in [-0.4, -0.2) is 27.0 Å². The van der Waals surface area contributed by atoms with Gasteiger partial charge in [0.25, 0.3) is 5.91 Å². The molecule has 108 valence electrons. The summed E-state index contributed by atoms with van der Waals surface area (Å²) in [5.74, 6) is 0.0508. The molecule has 1 amide bonds.